The third-order valence-electron chi connectivity index (χ3n) is 5.07. The van der Waals surface area contributed by atoms with Crippen molar-refractivity contribution in [2.45, 2.75) is 25.7 Å². The van der Waals surface area contributed by atoms with Crippen LogP contribution in [-0.4, -0.2) is 17.0 Å². The Morgan fingerprint density at radius 1 is 0.931 bits per heavy atom. The summed E-state index contributed by atoms with van der Waals surface area (Å²) in [7, 11) is 0. The quantitative estimate of drug-likeness (QED) is 0.542. The van der Waals surface area contributed by atoms with Crippen molar-refractivity contribution in [3.8, 4) is 11.1 Å². The van der Waals surface area contributed by atoms with Gasteiger partial charge in [-0.3, -0.25) is 4.79 Å². The highest BCUT2D eigenvalue weighted by Crippen LogP contribution is 2.38. The maximum Gasteiger partial charge on any atom is 0.339 e. The summed E-state index contributed by atoms with van der Waals surface area (Å²) in [6.45, 7) is 0. The van der Waals surface area contributed by atoms with Gasteiger partial charge in [0.1, 0.15) is 5.00 Å². The highest BCUT2D eigenvalue weighted by Gasteiger charge is 2.25. The molecule has 0 atom stereocenters. The van der Waals surface area contributed by atoms with Gasteiger partial charge in [-0.25, -0.2) is 4.79 Å². The smallest absolute Gasteiger partial charge is 0.339 e. The van der Waals surface area contributed by atoms with Crippen molar-refractivity contribution in [3.63, 3.8) is 0 Å². The van der Waals surface area contributed by atoms with Crippen LogP contribution in [0.3, 0.4) is 0 Å². The van der Waals surface area contributed by atoms with Gasteiger partial charge >= 0.3 is 5.97 Å². The lowest BCUT2D eigenvalue weighted by atomic mass is 9.95. The molecule has 0 saturated carbocycles. The standard InChI is InChI=1S/C24H21NO3S/c26-21(25-23-22(24(27)28)19-8-4-5-9-20(19)29-23)15-12-16-10-13-18(14-11-16)17-6-2-1-3-7-17/h1-3,6-7,10-15H,4-5,8-9H2,(H,25,26)(H,27,28)/b15-12+. The van der Waals surface area contributed by atoms with E-state index in [4.69, 9.17) is 0 Å². The number of aryl methyl sites for hydroxylation is 1. The zero-order valence-corrected chi connectivity index (χ0v) is 16.7. The van der Waals surface area contributed by atoms with Crippen LogP contribution >= 0.6 is 11.3 Å². The second-order valence-corrected chi connectivity index (χ2v) is 8.14. The van der Waals surface area contributed by atoms with Crippen LogP contribution in [-0.2, 0) is 17.6 Å². The number of carbonyl (C=O) groups is 2. The van der Waals surface area contributed by atoms with Crippen molar-refractivity contribution >= 4 is 34.3 Å². The predicted molar refractivity (Wildman–Crippen MR) is 117 cm³/mol. The molecule has 0 spiro atoms. The Balaban J connectivity index is 1.47. The van der Waals surface area contributed by atoms with Gasteiger partial charge in [0, 0.05) is 11.0 Å². The summed E-state index contributed by atoms with van der Waals surface area (Å²) in [5.41, 5.74) is 4.32. The second-order valence-electron chi connectivity index (χ2n) is 7.03. The molecule has 0 bridgehead atoms. The van der Waals surface area contributed by atoms with E-state index in [1.165, 1.54) is 17.4 Å². The second kappa shape index (κ2) is 8.45. The largest absolute Gasteiger partial charge is 0.478 e. The lowest BCUT2D eigenvalue weighted by Crippen LogP contribution is -2.11. The van der Waals surface area contributed by atoms with E-state index < -0.39 is 5.97 Å². The van der Waals surface area contributed by atoms with E-state index in [1.54, 1.807) is 6.08 Å². The highest BCUT2D eigenvalue weighted by molar-refractivity contribution is 7.17. The summed E-state index contributed by atoms with van der Waals surface area (Å²) in [6.07, 6.45) is 6.90. The zero-order valence-electron chi connectivity index (χ0n) is 15.9. The van der Waals surface area contributed by atoms with Gasteiger partial charge in [0.2, 0.25) is 5.91 Å². The minimum absolute atomic E-state index is 0.263. The average molecular weight is 404 g/mol. The van der Waals surface area contributed by atoms with Crippen LogP contribution in [0.25, 0.3) is 17.2 Å². The topological polar surface area (TPSA) is 66.4 Å². The van der Waals surface area contributed by atoms with Gasteiger partial charge in [0.05, 0.1) is 5.56 Å². The summed E-state index contributed by atoms with van der Waals surface area (Å²) in [5, 5.41) is 12.8. The van der Waals surface area contributed by atoms with Crippen molar-refractivity contribution in [1.82, 2.24) is 0 Å². The van der Waals surface area contributed by atoms with E-state index in [0.717, 1.165) is 52.8 Å². The van der Waals surface area contributed by atoms with E-state index >= 15 is 0 Å². The molecule has 1 aliphatic carbocycles. The summed E-state index contributed by atoms with van der Waals surface area (Å²) < 4.78 is 0. The number of anilines is 1. The Kier molecular flexibility index (Phi) is 5.58. The fourth-order valence-corrected chi connectivity index (χ4v) is 4.91. The molecule has 0 saturated heterocycles. The van der Waals surface area contributed by atoms with Gasteiger partial charge in [-0.2, -0.15) is 0 Å². The third-order valence-corrected chi connectivity index (χ3v) is 6.27. The maximum atomic E-state index is 12.4. The molecule has 146 valence electrons. The fraction of sp³-hybridized carbons (Fsp3) is 0.167. The van der Waals surface area contributed by atoms with Gasteiger partial charge in [-0.15, -0.1) is 11.3 Å². The number of rotatable bonds is 5. The number of hydrogen-bond donors (Lipinski definition) is 2. The molecule has 4 rings (SSSR count). The first-order valence-corrected chi connectivity index (χ1v) is 10.5. The molecule has 29 heavy (non-hydrogen) atoms. The van der Waals surface area contributed by atoms with E-state index in [1.807, 2.05) is 42.5 Å². The van der Waals surface area contributed by atoms with E-state index in [9.17, 15) is 14.7 Å². The van der Waals surface area contributed by atoms with E-state index in [0.29, 0.717) is 5.00 Å². The van der Waals surface area contributed by atoms with Crippen molar-refractivity contribution < 1.29 is 14.7 Å². The molecular formula is C24H21NO3S. The molecule has 0 radical (unpaired) electrons. The summed E-state index contributed by atoms with van der Waals surface area (Å²) in [6, 6.07) is 18.0. The lowest BCUT2D eigenvalue weighted by molar-refractivity contribution is -0.111. The number of aromatic carboxylic acids is 1. The summed E-state index contributed by atoms with van der Waals surface area (Å²) in [5.74, 6) is -1.29. The number of amides is 1. The van der Waals surface area contributed by atoms with E-state index in [-0.39, 0.29) is 11.5 Å². The molecular weight excluding hydrogens is 382 g/mol. The SMILES string of the molecule is O=C(/C=C/c1ccc(-c2ccccc2)cc1)Nc1sc2c(c1C(=O)O)CCCC2. The van der Waals surface area contributed by atoms with Crippen LogP contribution in [0, 0.1) is 0 Å². The minimum Gasteiger partial charge on any atom is -0.478 e. The van der Waals surface area contributed by atoms with Crippen molar-refractivity contribution in [1.29, 1.82) is 0 Å². The summed E-state index contributed by atoms with van der Waals surface area (Å²) >= 11 is 1.39. The van der Waals surface area contributed by atoms with Crippen LogP contribution < -0.4 is 5.32 Å². The number of carbonyl (C=O) groups excluding carboxylic acids is 1. The number of benzene rings is 2. The Labute approximate surface area is 173 Å². The van der Waals surface area contributed by atoms with Crippen LogP contribution in [0.5, 0.6) is 0 Å². The number of nitrogens with one attached hydrogen (secondary N) is 1. The normalized spacial score (nSPS) is 13.2. The highest BCUT2D eigenvalue weighted by atomic mass is 32.1. The van der Waals surface area contributed by atoms with Gasteiger partial charge in [-0.1, -0.05) is 54.6 Å². The molecule has 3 aromatic rings. The molecule has 1 amide bonds. The van der Waals surface area contributed by atoms with Gasteiger partial charge < -0.3 is 10.4 Å². The number of fused-ring (bicyclic) bond motifs is 1. The number of thiophene rings is 1. The van der Waals surface area contributed by atoms with Crippen LogP contribution in [0.15, 0.2) is 60.7 Å². The Morgan fingerprint density at radius 2 is 1.62 bits per heavy atom. The number of carboxylic acids is 1. The minimum atomic E-state index is -0.972. The summed E-state index contributed by atoms with van der Waals surface area (Å²) in [4.78, 5) is 25.2. The van der Waals surface area contributed by atoms with Crippen molar-refractivity contribution in [3.05, 3.63) is 82.2 Å². The van der Waals surface area contributed by atoms with Crippen LogP contribution in [0.2, 0.25) is 0 Å². The Morgan fingerprint density at radius 3 is 2.34 bits per heavy atom. The van der Waals surface area contributed by atoms with Gasteiger partial charge in [-0.05, 0) is 54.0 Å². The molecule has 4 nitrogen and oxygen atoms in total. The zero-order chi connectivity index (χ0) is 20.2. The molecule has 1 aromatic heterocycles. The molecule has 1 heterocycles. The first-order chi connectivity index (χ1) is 14.1. The van der Waals surface area contributed by atoms with Gasteiger partial charge in [0.25, 0.3) is 0 Å². The predicted octanol–water partition coefficient (Wildman–Crippen LogP) is 5.64. The maximum absolute atomic E-state index is 12.4. The first kappa shape index (κ1) is 19.2. The van der Waals surface area contributed by atoms with Crippen LogP contribution in [0.4, 0.5) is 5.00 Å². The number of carboxylic acid groups (broad SMARTS) is 1. The van der Waals surface area contributed by atoms with Crippen LogP contribution in [0.1, 0.15) is 39.2 Å². The molecule has 2 aromatic carbocycles. The average Bonchev–Trinajstić information content (AvgIpc) is 3.11. The molecule has 5 heteroatoms. The molecule has 1 aliphatic rings. The lowest BCUT2D eigenvalue weighted by Gasteiger charge is -2.10. The monoisotopic (exact) mass is 403 g/mol. The third kappa shape index (κ3) is 4.30. The first-order valence-electron chi connectivity index (χ1n) is 9.64. The number of hydrogen-bond acceptors (Lipinski definition) is 3. The van der Waals surface area contributed by atoms with Gasteiger partial charge in [0.15, 0.2) is 0 Å². The molecule has 0 aliphatic heterocycles. The van der Waals surface area contributed by atoms with Crippen molar-refractivity contribution in [2.24, 2.45) is 0 Å². The fourth-order valence-electron chi connectivity index (χ4n) is 3.62. The molecule has 2 N–H and O–H groups in total. The Bertz CT molecular complexity index is 1070. The van der Waals surface area contributed by atoms with E-state index in [2.05, 4.69) is 17.4 Å². The molecule has 0 unspecified atom stereocenters. The Hall–Kier alpha value is -3.18. The molecule has 0 fully saturated rings. The van der Waals surface area contributed by atoms with Crippen molar-refractivity contribution in [2.75, 3.05) is 5.32 Å².